The number of imidazole rings is 1. The third kappa shape index (κ3) is 4.13. The maximum atomic E-state index is 12.6. The summed E-state index contributed by atoms with van der Waals surface area (Å²) < 4.78 is 31.4. The lowest BCUT2D eigenvalue weighted by Gasteiger charge is -2.10. The van der Waals surface area contributed by atoms with Crippen LogP contribution in [-0.2, 0) is 10.1 Å². The average molecular weight is 480 g/mol. The van der Waals surface area contributed by atoms with Crippen molar-refractivity contribution in [1.29, 1.82) is 5.26 Å². The van der Waals surface area contributed by atoms with Crippen molar-refractivity contribution in [2.24, 2.45) is 0 Å². The monoisotopic (exact) mass is 479 g/mol. The van der Waals surface area contributed by atoms with Gasteiger partial charge in [-0.05, 0) is 48.5 Å². The molecule has 1 heterocycles. The van der Waals surface area contributed by atoms with E-state index < -0.39 is 10.1 Å². The van der Waals surface area contributed by atoms with Crippen molar-refractivity contribution >= 4 is 48.7 Å². The second kappa shape index (κ2) is 8.14. The molecule has 148 valence electrons. The van der Waals surface area contributed by atoms with Gasteiger partial charge in [-0.2, -0.15) is 13.7 Å². The first kappa shape index (κ1) is 19.9. The highest BCUT2D eigenvalue weighted by molar-refractivity contribution is 9.10. The molecule has 0 aliphatic rings. The second-order valence-corrected chi connectivity index (χ2v) is 8.77. The van der Waals surface area contributed by atoms with E-state index >= 15 is 0 Å². The van der Waals surface area contributed by atoms with Gasteiger partial charge in [-0.3, -0.25) is 0 Å². The van der Waals surface area contributed by atoms with Crippen molar-refractivity contribution in [2.75, 3.05) is 0 Å². The maximum absolute atomic E-state index is 12.6. The van der Waals surface area contributed by atoms with E-state index in [-0.39, 0.29) is 16.2 Å². The zero-order valence-corrected chi connectivity index (χ0v) is 17.8. The average Bonchev–Trinajstić information content (AvgIpc) is 3.18. The van der Waals surface area contributed by atoms with Crippen LogP contribution in [0.3, 0.4) is 0 Å². The van der Waals surface area contributed by atoms with Gasteiger partial charge in [-0.25, -0.2) is 4.98 Å². The first-order chi connectivity index (χ1) is 14.5. The maximum Gasteiger partial charge on any atom is 0.339 e. The van der Waals surface area contributed by atoms with Crippen LogP contribution in [0.2, 0.25) is 0 Å². The predicted octanol–water partition coefficient (Wildman–Crippen LogP) is 5.16. The Hall–Kier alpha value is -3.41. The van der Waals surface area contributed by atoms with Crippen molar-refractivity contribution < 1.29 is 12.6 Å². The van der Waals surface area contributed by atoms with Gasteiger partial charge in [0, 0.05) is 10.0 Å². The zero-order chi connectivity index (χ0) is 21.1. The number of nitriles is 1. The minimum atomic E-state index is -4.03. The van der Waals surface area contributed by atoms with E-state index in [0.717, 1.165) is 11.0 Å². The Labute approximate surface area is 181 Å². The van der Waals surface area contributed by atoms with Gasteiger partial charge in [-0.1, -0.05) is 46.3 Å². The molecule has 0 spiro atoms. The number of aromatic nitrogens is 2. The molecule has 6 nitrogen and oxygen atoms in total. The number of rotatable bonds is 5. The molecule has 0 amide bonds. The highest BCUT2D eigenvalue weighted by atomic mass is 79.9. The molecule has 0 unspecified atom stereocenters. The summed E-state index contributed by atoms with van der Waals surface area (Å²) in [6, 6.07) is 22.3. The van der Waals surface area contributed by atoms with Gasteiger partial charge in [-0.15, -0.1) is 0 Å². The Kier molecular flexibility index (Phi) is 5.40. The third-order valence-corrected chi connectivity index (χ3v) is 6.01. The number of para-hydroxylation sites is 2. The normalized spacial score (nSPS) is 11.9. The van der Waals surface area contributed by atoms with Gasteiger partial charge in [0.15, 0.2) is 0 Å². The number of hydrogen-bond donors (Lipinski definition) is 1. The number of fused-ring (bicyclic) bond motifs is 1. The Bertz CT molecular complexity index is 1370. The summed E-state index contributed by atoms with van der Waals surface area (Å²) in [5.74, 6) is 0.487. The zero-order valence-electron chi connectivity index (χ0n) is 15.4. The molecular formula is C22H14BrN3O3S. The lowest BCUT2D eigenvalue weighted by Crippen LogP contribution is -2.10. The molecule has 0 saturated heterocycles. The lowest BCUT2D eigenvalue weighted by molar-refractivity contribution is 0.485. The van der Waals surface area contributed by atoms with E-state index in [2.05, 4.69) is 32.0 Å². The van der Waals surface area contributed by atoms with Crippen molar-refractivity contribution in [3.05, 3.63) is 88.7 Å². The topological polar surface area (TPSA) is 95.8 Å². The second-order valence-electron chi connectivity index (χ2n) is 6.31. The van der Waals surface area contributed by atoms with Gasteiger partial charge < -0.3 is 9.17 Å². The fraction of sp³-hybridized carbons (Fsp3) is 0. The van der Waals surface area contributed by atoms with Crippen LogP contribution in [-0.4, -0.2) is 18.4 Å². The van der Waals surface area contributed by atoms with Crippen LogP contribution in [0.4, 0.5) is 0 Å². The minimum Gasteiger partial charge on any atom is -0.378 e. The number of allylic oxidation sites excluding steroid dienone is 1. The SMILES string of the molecule is N#C/C(=C\c1cc(Br)ccc1OS(=O)(=O)c1ccccc1)c1nc2ccccc2[nH]1. The molecule has 0 atom stereocenters. The number of aromatic amines is 1. The molecule has 1 N–H and O–H groups in total. The van der Waals surface area contributed by atoms with Crippen molar-refractivity contribution in [3.63, 3.8) is 0 Å². The molecule has 8 heteroatoms. The van der Waals surface area contributed by atoms with E-state index in [9.17, 15) is 13.7 Å². The largest absolute Gasteiger partial charge is 0.378 e. The quantitative estimate of drug-likeness (QED) is 0.315. The summed E-state index contributed by atoms with van der Waals surface area (Å²) in [5.41, 5.74) is 2.18. The van der Waals surface area contributed by atoms with E-state index in [1.165, 1.54) is 24.3 Å². The number of benzene rings is 3. The highest BCUT2D eigenvalue weighted by Crippen LogP contribution is 2.30. The Balaban J connectivity index is 1.77. The number of nitrogens with zero attached hydrogens (tertiary/aromatic N) is 2. The number of H-pyrrole nitrogens is 1. The van der Waals surface area contributed by atoms with Gasteiger partial charge in [0.1, 0.15) is 22.5 Å². The molecule has 1 aromatic heterocycles. The summed E-state index contributed by atoms with van der Waals surface area (Å²) >= 11 is 3.38. The summed E-state index contributed by atoms with van der Waals surface area (Å²) in [4.78, 5) is 7.58. The Morgan fingerprint density at radius 1 is 1.07 bits per heavy atom. The van der Waals surface area contributed by atoms with Crippen LogP contribution in [0, 0.1) is 11.3 Å². The van der Waals surface area contributed by atoms with E-state index in [0.29, 0.717) is 15.9 Å². The van der Waals surface area contributed by atoms with Crippen LogP contribution in [0.25, 0.3) is 22.7 Å². The van der Waals surface area contributed by atoms with Gasteiger partial charge in [0.25, 0.3) is 0 Å². The van der Waals surface area contributed by atoms with Crippen LogP contribution < -0.4 is 4.18 Å². The van der Waals surface area contributed by atoms with E-state index in [1.807, 2.05) is 24.3 Å². The number of hydrogen-bond acceptors (Lipinski definition) is 5. The molecule has 0 aliphatic heterocycles. The summed E-state index contributed by atoms with van der Waals surface area (Å²) in [7, 11) is -4.03. The predicted molar refractivity (Wildman–Crippen MR) is 118 cm³/mol. The van der Waals surface area contributed by atoms with Crippen molar-refractivity contribution in [1.82, 2.24) is 9.97 Å². The standard InChI is InChI=1S/C22H14BrN3O3S/c23-17-10-11-21(29-30(27,28)18-6-2-1-3-7-18)15(13-17)12-16(14-24)22-25-19-8-4-5-9-20(19)26-22/h1-13H,(H,25,26)/b16-12+. The van der Waals surface area contributed by atoms with Crippen LogP contribution in [0.5, 0.6) is 5.75 Å². The van der Waals surface area contributed by atoms with E-state index in [4.69, 9.17) is 4.18 Å². The number of halogens is 1. The highest BCUT2D eigenvalue weighted by Gasteiger charge is 2.18. The third-order valence-electron chi connectivity index (χ3n) is 4.27. The van der Waals surface area contributed by atoms with Crippen LogP contribution in [0.15, 0.2) is 82.2 Å². The van der Waals surface area contributed by atoms with Gasteiger partial charge in [0.05, 0.1) is 16.6 Å². The first-order valence-electron chi connectivity index (χ1n) is 8.82. The molecule has 0 aliphatic carbocycles. The number of nitrogens with one attached hydrogen (secondary N) is 1. The molecule has 0 bridgehead atoms. The molecule has 0 fully saturated rings. The van der Waals surface area contributed by atoms with Crippen LogP contribution in [0.1, 0.15) is 11.4 Å². The van der Waals surface area contributed by atoms with Gasteiger partial charge in [0.2, 0.25) is 0 Å². The Morgan fingerprint density at radius 2 is 1.80 bits per heavy atom. The van der Waals surface area contributed by atoms with Crippen molar-refractivity contribution in [3.8, 4) is 11.8 Å². The Morgan fingerprint density at radius 3 is 2.53 bits per heavy atom. The fourth-order valence-electron chi connectivity index (χ4n) is 2.85. The summed E-state index contributed by atoms with van der Waals surface area (Å²) in [6.07, 6.45) is 1.54. The minimum absolute atomic E-state index is 0.0423. The lowest BCUT2D eigenvalue weighted by atomic mass is 10.1. The van der Waals surface area contributed by atoms with Gasteiger partial charge >= 0.3 is 10.1 Å². The molecule has 4 rings (SSSR count). The molecule has 4 aromatic rings. The summed E-state index contributed by atoms with van der Waals surface area (Å²) in [5, 5.41) is 9.69. The van der Waals surface area contributed by atoms with E-state index in [1.54, 1.807) is 30.3 Å². The smallest absolute Gasteiger partial charge is 0.339 e. The molecule has 30 heavy (non-hydrogen) atoms. The molecule has 0 saturated carbocycles. The summed E-state index contributed by atoms with van der Waals surface area (Å²) in [6.45, 7) is 0. The molecular weight excluding hydrogens is 466 g/mol. The fourth-order valence-corrected chi connectivity index (χ4v) is 4.20. The first-order valence-corrected chi connectivity index (χ1v) is 11.0. The molecule has 3 aromatic carbocycles. The van der Waals surface area contributed by atoms with Crippen molar-refractivity contribution in [2.45, 2.75) is 4.90 Å². The van der Waals surface area contributed by atoms with Crippen LogP contribution >= 0.6 is 15.9 Å². The molecule has 0 radical (unpaired) electrons.